The molecule has 2 aliphatic heterocycles. The topological polar surface area (TPSA) is 26.3 Å². The Labute approximate surface area is 125 Å². The molecule has 6 heteroatoms. The van der Waals surface area contributed by atoms with E-state index in [1.54, 1.807) is 6.07 Å². The Balaban J connectivity index is 1.81. The van der Waals surface area contributed by atoms with Gasteiger partial charge in [-0.15, -0.1) is 13.2 Å². The molecule has 2 saturated heterocycles. The van der Waals surface area contributed by atoms with E-state index in [9.17, 15) is 18.0 Å². The van der Waals surface area contributed by atoms with E-state index >= 15 is 0 Å². The quantitative estimate of drug-likeness (QED) is 0.771. The van der Waals surface area contributed by atoms with Gasteiger partial charge in [0.1, 0.15) is 5.75 Å². The van der Waals surface area contributed by atoms with Crippen LogP contribution in [0.3, 0.4) is 0 Å². The van der Waals surface area contributed by atoms with Crippen molar-refractivity contribution in [3.63, 3.8) is 0 Å². The summed E-state index contributed by atoms with van der Waals surface area (Å²) in [5.74, 6) is -0.783. The summed E-state index contributed by atoms with van der Waals surface area (Å²) >= 11 is 1.92. The van der Waals surface area contributed by atoms with Gasteiger partial charge in [0, 0.05) is 16.4 Å². The first-order chi connectivity index (χ1) is 9.92. The first-order valence-electron chi connectivity index (χ1n) is 6.97. The van der Waals surface area contributed by atoms with E-state index in [0.717, 1.165) is 25.7 Å². The van der Waals surface area contributed by atoms with Gasteiger partial charge in [0.15, 0.2) is 5.78 Å². The van der Waals surface area contributed by atoms with E-state index in [1.807, 2.05) is 11.8 Å². The van der Waals surface area contributed by atoms with Gasteiger partial charge >= 0.3 is 6.36 Å². The number of para-hydroxylation sites is 1. The summed E-state index contributed by atoms with van der Waals surface area (Å²) in [6.07, 6.45) is -1.03. The summed E-state index contributed by atoms with van der Waals surface area (Å²) in [7, 11) is 0. The monoisotopic (exact) mass is 316 g/mol. The average Bonchev–Trinajstić information content (AvgIpc) is 2.75. The SMILES string of the molecule is O=C(c1ccccc1OC(F)(F)F)C1CC2CCC(C1)S2. The standard InChI is InChI=1S/C15H15F3O2S/c16-15(17,18)20-13-4-2-1-3-12(13)14(19)9-7-10-5-6-11(8-9)21-10/h1-4,9-11H,5-8H2. The third kappa shape index (κ3) is 3.36. The largest absolute Gasteiger partial charge is 0.573 e. The van der Waals surface area contributed by atoms with Crippen LogP contribution in [0, 0.1) is 5.92 Å². The molecule has 2 nitrogen and oxygen atoms in total. The van der Waals surface area contributed by atoms with Crippen LogP contribution in [0.4, 0.5) is 13.2 Å². The van der Waals surface area contributed by atoms with Crippen LogP contribution >= 0.6 is 11.8 Å². The highest BCUT2D eigenvalue weighted by molar-refractivity contribution is 8.00. The fraction of sp³-hybridized carbons (Fsp3) is 0.533. The maximum absolute atomic E-state index is 12.6. The van der Waals surface area contributed by atoms with Crippen LogP contribution in [0.5, 0.6) is 5.75 Å². The maximum atomic E-state index is 12.6. The Morgan fingerprint density at radius 3 is 2.38 bits per heavy atom. The first kappa shape index (κ1) is 14.8. The van der Waals surface area contributed by atoms with Crippen LogP contribution in [0.15, 0.2) is 24.3 Å². The molecule has 0 spiro atoms. The average molecular weight is 316 g/mol. The van der Waals surface area contributed by atoms with E-state index in [-0.39, 0.29) is 23.0 Å². The zero-order valence-corrected chi connectivity index (χ0v) is 12.0. The number of ketones is 1. The zero-order valence-electron chi connectivity index (χ0n) is 11.2. The summed E-state index contributed by atoms with van der Waals surface area (Å²) in [6.45, 7) is 0. The number of benzene rings is 1. The number of Topliss-reactive ketones (excluding diaryl/α,β-unsaturated/α-hetero) is 1. The van der Waals surface area contributed by atoms with E-state index in [0.29, 0.717) is 10.5 Å². The van der Waals surface area contributed by atoms with Gasteiger partial charge in [-0.2, -0.15) is 11.8 Å². The number of thioether (sulfide) groups is 1. The summed E-state index contributed by atoms with van der Waals surface area (Å²) in [6, 6.07) is 5.64. The van der Waals surface area contributed by atoms with Gasteiger partial charge in [0.05, 0.1) is 5.56 Å². The molecule has 2 atom stereocenters. The molecule has 114 valence electrons. The lowest BCUT2D eigenvalue weighted by atomic mass is 9.90. The molecular weight excluding hydrogens is 301 g/mol. The molecule has 2 aliphatic rings. The number of carbonyl (C=O) groups is 1. The van der Waals surface area contributed by atoms with Crippen molar-refractivity contribution in [1.82, 2.24) is 0 Å². The lowest BCUT2D eigenvalue weighted by Gasteiger charge is -2.26. The summed E-state index contributed by atoms with van der Waals surface area (Å²) < 4.78 is 41.3. The second-order valence-electron chi connectivity index (χ2n) is 5.53. The number of carbonyl (C=O) groups excluding carboxylic acids is 1. The number of ether oxygens (including phenoxy) is 1. The predicted molar refractivity (Wildman–Crippen MR) is 74.6 cm³/mol. The summed E-state index contributed by atoms with van der Waals surface area (Å²) in [5, 5.41) is 0.960. The van der Waals surface area contributed by atoms with Crippen LogP contribution < -0.4 is 4.74 Å². The predicted octanol–water partition coefficient (Wildman–Crippen LogP) is 4.44. The molecule has 2 unspecified atom stereocenters. The fourth-order valence-corrected chi connectivity index (χ4v) is 4.95. The second kappa shape index (κ2) is 5.55. The van der Waals surface area contributed by atoms with E-state index < -0.39 is 6.36 Å². The zero-order chi connectivity index (χ0) is 15.0. The van der Waals surface area contributed by atoms with Crippen molar-refractivity contribution >= 4 is 17.5 Å². The van der Waals surface area contributed by atoms with Gasteiger partial charge < -0.3 is 4.74 Å². The number of fused-ring (bicyclic) bond motifs is 2. The minimum Gasteiger partial charge on any atom is -0.405 e. The highest BCUT2D eigenvalue weighted by Crippen LogP contribution is 2.47. The Bertz CT molecular complexity index is 532. The molecule has 0 aliphatic carbocycles. The van der Waals surface area contributed by atoms with Crippen LogP contribution in [-0.4, -0.2) is 22.6 Å². The Hall–Kier alpha value is -1.17. The molecule has 3 rings (SSSR count). The molecule has 1 aromatic rings. The highest BCUT2D eigenvalue weighted by Gasteiger charge is 2.39. The molecule has 1 aromatic carbocycles. The van der Waals surface area contributed by atoms with Crippen molar-refractivity contribution in [2.75, 3.05) is 0 Å². The van der Waals surface area contributed by atoms with E-state index in [1.165, 1.54) is 18.2 Å². The summed E-state index contributed by atoms with van der Waals surface area (Å²) in [4.78, 5) is 12.6. The van der Waals surface area contributed by atoms with Crippen LogP contribution in [-0.2, 0) is 0 Å². The Morgan fingerprint density at radius 2 is 1.76 bits per heavy atom. The maximum Gasteiger partial charge on any atom is 0.573 e. The lowest BCUT2D eigenvalue weighted by molar-refractivity contribution is -0.274. The molecule has 0 aromatic heterocycles. The van der Waals surface area contributed by atoms with Crippen molar-refractivity contribution in [2.24, 2.45) is 5.92 Å². The molecule has 0 amide bonds. The molecule has 21 heavy (non-hydrogen) atoms. The molecule has 2 bridgehead atoms. The van der Waals surface area contributed by atoms with Crippen molar-refractivity contribution in [2.45, 2.75) is 42.5 Å². The smallest absolute Gasteiger partial charge is 0.405 e. The van der Waals surface area contributed by atoms with Crippen LogP contribution in [0.25, 0.3) is 0 Å². The van der Waals surface area contributed by atoms with Gasteiger partial charge in [0.2, 0.25) is 0 Å². The normalized spacial score (nSPS) is 28.4. The van der Waals surface area contributed by atoms with Gasteiger partial charge in [0.25, 0.3) is 0 Å². The Kier molecular flexibility index (Phi) is 3.90. The molecular formula is C15H15F3O2S. The third-order valence-corrected chi connectivity index (χ3v) is 5.67. The van der Waals surface area contributed by atoms with Crippen molar-refractivity contribution in [3.8, 4) is 5.75 Å². The minimum atomic E-state index is -4.78. The van der Waals surface area contributed by atoms with Crippen molar-refractivity contribution < 1.29 is 22.7 Å². The van der Waals surface area contributed by atoms with Gasteiger partial charge in [-0.25, -0.2) is 0 Å². The molecule has 0 saturated carbocycles. The van der Waals surface area contributed by atoms with Gasteiger partial charge in [-0.05, 0) is 37.8 Å². The number of hydrogen-bond acceptors (Lipinski definition) is 3. The van der Waals surface area contributed by atoms with Gasteiger partial charge in [-0.1, -0.05) is 12.1 Å². The number of halogens is 3. The third-order valence-electron chi connectivity index (χ3n) is 4.04. The fourth-order valence-electron chi connectivity index (χ4n) is 3.18. The lowest BCUT2D eigenvalue weighted by Crippen LogP contribution is -2.26. The molecule has 0 radical (unpaired) electrons. The van der Waals surface area contributed by atoms with E-state index in [4.69, 9.17) is 0 Å². The highest BCUT2D eigenvalue weighted by atomic mass is 32.2. The number of rotatable bonds is 3. The van der Waals surface area contributed by atoms with E-state index in [2.05, 4.69) is 4.74 Å². The molecule has 2 fully saturated rings. The number of hydrogen-bond donors (Lipinski definition) is 0. The molecule has 0 N–H and O–H groups in total. The second-order valence-corrected chi connectivity index (χ2v) is 7.14. The van der Waals surface area contributed by atoms with Gasteiger partial charge in [-0.3, -0.25) is 4.79 Å². The van der Waals surface area contributed by atoms with Crippen molar-refractivity contribution in [3.05, 3.63) is 29.8 Å². The summed E-state index contributed by atoms with van der Waals surface area (Å²) in [5.41, 5.74) is 0.0473. The minimum absolute atomic E-state index is 0.0473. The van der Waals surface area contributed by atoms with Crippen LogP contribution in [0.2, 0.25) is 0 Å². The van der Waals surface area contributed by atoms with Crippen molar-refractivity contribution in [1.29, 1.82) is 0 Å². The Morgan fingerprint density at radius 1 is 1.14 bits per heavy atom. The van der Waals surface area contributed by atoms with Crippen LogP contribution in [0.1, 0.15) is 36.0 Å². The first-order valence-corrected chi connectivity index (χ1v) is 7.91. The molecule has 2 heterocycles. The number of alkyl halides is 3.